The summed E-state index contributed by atoms with van der Waals surface area (Å²) in [6.45, 7) is 5.52. The Hall–Kier alpha value is -0.0800. The largest absolute Gasteiger partial charge is 0.359 e. The first kappa shape index (κ1) is 9.47. The van der Waals surface area contributed by atoms with Crippen LogP contribution in [0.5, 0.6) is 0 Å². The molecule has 2 nitrogen and oxygen atoms in total. The van der Waals surface area contributed by atoms with Gasteiger partial charge in [0.2, 0.25) is 0 Å². The van der Waals surface area contributed by atoms with Crippen LogP contribution in [0.2, 0.25) is 0 Å². The Balaban J connectivity index is 2.17. The molecule has 1 aliphatic carbocycles. The molecule has 0 aromatic rings. The summed E-state index contributed by atoms with van der Waals surface area (Å²) in [4.78, 5) is 2.46. The van der Waals surface area contributed by atoms with Crippen molar-refractivity contribution in [1.82, 2.24) is 4.90 Å². The number of hydrogen-bond acceptors (Lipinski definition) is 2. The highest BCUT2D eigenvalue weighted by Crippen LogP contribution is 2.42. The van der Waals surface area contributed by atoms with Gasteiger partial charge in [0.15, 0.2) is 0 Å². The van der Waals surface area contributed by atoms with Gasteiger partial charge in [-0.15, -0.1) is 0 Å². The lowest BCUT2D eigenvalue weighted by Gasteiger charge is -2.44. The van der Waals surface area contributed by atoms with E-state index in [-0.39, 0.29) is 5.72 Å². The summed E-state index contributed by atoms with van der Waals surface area (Å²) in [7, 11) is 2.22. The molecule has 2 heteroatoms. The Bertz CT molecular complexity index is 191. The number of likely N-dealkylation sites (N-methyl/N-ethyl adjacent to an activating group) is 1. The quantitative estimate of drug-likeness (QED) is 0.571. The van der Waals surface area contributed by atoms with Gasteiger partial charge >= 0.3 is 0 Å². The zero-order valence-corrected chi connectivity index (χ0v) is 9.05. The lowest BCUT2D eigenvalue weighted by atomic mass is 9.81. The monoisotopic (exact) mass is 183 g/mol. The van der Waals surface area contributed by atoms with Crippen molar-refractivity contribution in [3.05, 3.63) is 0 Å². The Labute approximate surface area is 81.3 Å². The number of ether oxygens (including phenoxy) is 1. The van der Waals surface area contributed by atoms with Crippen LogP contribution in [-0.2, 0) is 4.74 Å². The van der Waals surface area contributed by atoms with Crippen LogP contribution >= 0.6 is 0 Å². The predicted octanol–water partition coefficient (Wildman–Crippen LogP) is 2.24. The first-order valence-electron chi connectivity index (χ1n) is 5.54. The third-order valence-corrected chi connectivity index (χ3v) is 4.02. The van der Waals surface area contributed by atoms with Crippen molar-refractivity contribution < 1.29 is 4.74 Å². The molecule has 2 aliphatic rings. The standard InChI is InChI=1S/C11H21NO/c1-9-6-4-5-7-11(9)12(3)10(2)8-13-11/h9-10H,4-8H2,1-3H3. The highest BCUT2D eigenvalue weighted by molar-refractivity contribution is 4.94. The van der Waals surface area contributed by atoms with Crippen molar-refractivity contribution in [2.75, 3.05) is 13.7 Å². The van der Waals surface area contributed by atoms with Crippen molar-refractivity contribution in [2.45, 2.75) is 51.3 Å². The first-order chi connectivity index (χ1) is 6.17. The van der Waals surface area contributed by atoms with E-state index in [0.29, 0.717) is 12.0 Å². The molecule has 0 aromatic heterocycles. The van der Waals surface area contributed by atoms with Crippen LogP contribution in [0, 0.1) is 5.92 Å². The second kappa shape index (κ2) is 3.25. The maximum atomic E-state index is 6.04. The minimum Gasteiger partial charge on any atom is -0.359 e. The normalized spacial score (nSPS) is 47.3. The van der Waals surface area contributed by atoms with E-state index in [2.05, 4.69) is 25.8 Å². The number of nitrogens with zero attached hydrogens (tertiary/aromatic N) is 1. The molecule has 1 saturated heterocycles. The number of rotatable bonds is 0. The first-order valence-corrected chi connectivity index (χ1v) is 5.54. The fraction of sp³-hybridized carbons (Fsp3) is 1.00. The number of hydrogen-bond donors (Lipinski definition) is 0. The van der Waals surface area contributed by atoms with E-state index in [4.69, 9.17) is 4.74 Å². The van der Waals surface area contributed by atoms with E-state index >= 15 is 0 Å². The maximum absolute atomic E-state index is 6.04. The second-order valence-electron chi connectivity index (χ2n) is 4.76. The minimum atomic E-state index is 0.0949. The van der Waals surface area contributed by atoms with Crippen LogP contribution in [0.4, 0.5) is 0 Å². The minimum absolute atomic E-state index is 0.0949. The van der Waals surface area contributed by atoms with Crippen molar-refractivity contribution >= 4 is 0 Å². The van der Waals surface area contributed by atoms with Crippen molar-refractivity contribution in [3.8, 4) is 0 Å². The van der Waals surface area contributed by atoms with Gasteiger partial charge in [-0.3, -0.25) is 4.90 Å². The molecule has 3 unspecified atom stereocenters. The summed E-state index contributed by atoms with van der Waals surface area (Å²) in [5, 5.41) is 0. The molecule has 13 heavy (non-hydrogen) atoms. The molecule has 1 aliphatic heterocycles. The van der Waals surface area contributed by atoms with Crippen LogP contribution in [-0.4, -0.2) is 30.3 Å². The molecule has 0 bridgehead atoms. The summed E-state index contributed by atoms with van der Waals surface area (Å²) in [6, 6.07) is 0.598. The van der Waals surface area contributed by atoms with Gasteiger partial charge in [-0.05, 0) is 39.2 Å². The van der Waals surface area contributed by atoms with Gasteiger partial charge in [0.25, 0.3) is 0 Å². The van der Waals surface area contributed by atoms with Gasteiger partial charge in [0, 0.05) is 6.04 Å². The van der Waals surface area contributed by atoms with E-state index in [9.17, 15) is 0 Å². The molecule has 2 rings (SSSR count). The Kier molecular flexibility index (Phi) is 2.37. The van der Waals surface area contributed by atoms with E-state index in [1.165, 1.54) is 25.7 Å². The van der Waals surface area contributed by atoms with E-state index in [1.807, 2.05) is 0 Å². The van der Waals surface area contributed by atoms with Crippen molar-refractivity contribution in [3.63, 3.8) is 0 Å². The molecule has 1 saturated carbocycles. The molecule has 0 radical (unpaired) electrons. The third kappa shape index (κ3) is 1.31. The summed E-state index contributed by atoms with van der Waals surface area (Å²) in [6.07, 6.45) is 5.28. The zero-order valence-electron chi connectivity index (χ0n) is 9.05. The fourth-order valence-electron chi connectivity index (χ4n) is 2.89. The maximum Gasteiger partial charge on any atom is 0.124 e. The van der Waals surface area contributed by atoms with Gasteiger partial charge in [-0.2, -0.15) is 0 Å². The zero-order chi connectivity index (χ0) is 9.47. The lowest BCUT2D eigenvalue weighted by Crippen LogP contribution is -2.51. The van der Waals surface area contributed by atoms with E-state index < -0.39 is 0 Å². The van der Waals surface area contributed by atoms with Gasteiger partial charge in [-0.1, -0.05) is 13.3 Å². The van der Waals surface area contributed by atoms with E-state index in [1.54, 1.807) is 0 Å². The third-order valence-electron chi connectivity index (χ3n) is 4.02. The molecule has 0 amide bonds. The molecule has 1 spiro atoms. The predicted molar refractivity (Wildman–Crippen MR) is 53.5 cm³/mol. The molecule has 1 heterocycles. The smallest absolute Gasteiger partial charge is 0.124 e. The average Bonchev–Trinajstić information content (AvgIpc) is 2.40. The van der Waals surface area contributed by atoms with Gasteiger partial charge in [0.05, 0.1) is 6.61 Å². The summed E-state index contributed by atoms with van der Waals surface area (Å²) in [5.74, 6) is 0.705. The Morgan fingerprint density at radius 2 is 2.08 bits per heavy atom. The molecule has 76 valence electrons. The molecule has 0 aromatic carbocycles. The molecule has 0 N–H and O–H groups in total. The van der Waals surface area contributed by atoms with E-state index in [0.717, 1.165) is 6.61 Å². The molecule has 3 atom stereocenters. The van der Waals surface area contributed by atoms with Crippen LogP contribution in [0.25, 0.3) is 0 Å². The van der Waals surface area contributed by atoms with Gasteiger partial charge in [0.1, 0.15) is 5.72 Å². The molecule has 2 fully saturated rings. The van der Waals surface area contributed by atoms with Gasteiger partial charge < -0.3 is 4.74 Å². The fourth-order valence-corrected chi connectivity index (χ4v) is 2.89. The Morgan fingerprint density at radius 1 is 1.31 bits per heavy atom. The van der Waals surface area contributed by atoms with Crippen LogP contribution in [0.1, 0.15) is 39.5 Å². The lowest BCUT2D eigenvalue weighted by molar-refractivity contribution is -0.135. The van der Waals surface area contributed by atoms with Crippen LogP contribution < -0.4 is 0 Å². The van der Waals surface area contributed by atoms with Crippen LogP contribution in [0.3, 0.4) is 0 Å². The summed E-state index contributed by atoms with van der Waals surface area (Å²) < 4.78 is 6.04. The van der Waals surface area contributed by atoms with Gasteiger partial charge in [-0.25, -0.2) is 0 Å². The SMILES string of the molecule is CC1COC2(CCCCC2C)N1C. The average molecular weight is 183 g/mol. The highest BCUT2D eigenvalue weighted by Gasteiger charge is 2.48. The Morgan fingerprint density at radius 3 is 2.62 bits per heavy atom. The topological polar surface area (TPSA) is 12.5 Å². The van der Waals surface area contributed by atoms with Crippen molar-refractivity contribution in [1.29, 1.82) is 0 Å². The molecular formula is C11H21NO. The second-order valence-corrected chi connectivity index (χ2v) is 4.76. The van der Waals surface area contributed by atoms with Crippen LogP contribution in [0.15, 0.2) is 0 Å². The summed E-state index contributed by atoms with van der Waals surface area (Å²) in [5.41, 5.74) is 0.0949. The molecular weight excluding hydrogens is 162 g/mol. The highest BCUT2D eigenvalue weighted by atomic mass is 16.5. The van der Waals surface area contributed by atoms with Crippen molar-refractivity contribution in [2.24, 2.45) is 5.92 Å². The summed E-state index contributed by atoms with van der Waals surface area (Å²) >= 11 is 0.